The van der Waals surface area contributed by atoms with E-state index >= 15 is 0 Å². The average molecular weight is 282 g/mol. The predicted octanol–water partition coefficient (Wildman–Crippen LogP) is 3.64. The Morgan fingerprint density at radius 3 is 2.89 bits per heavy atom. The number of rotatable bonds is 0. The van der Waals surface area contributed by atoms with Crippen LogP contribution < -0.4 is 5.32 Å². The third kappa shape index (κ3) is 3.56. The first-order valence-electron chi connectivity index (χ1n) is 6.05. The average Bonchev–Trinajstić information content (AvgIpc) is 2.35. The highest BCUT2D eigenvalue weighted by molar-refractivity contribution is 6.30. The van der Waals surface area contributed by atoms with Crippen LogP contribution in [0.3, 0.4) is 0 Å². The zero-order valence-corrected chi connectivity index (χ0v) is 11.3. The third-order valence-corrected chi connectivity index (χ3v) is 3.25. The monoisotopic (exact) mass is 281 g/mol. The van der Waals surface area contributed by atoms with E-state index in [-0.39, 0.29) is 12.1 Å². The van der Waals surface area contributed by atoms with E-state index in [9.17, 15) is 8.78 Å². The molecule has 0 atom stereocenters. The van der Waals surface area contributed by atoms with Gasteiger partial charge < -0.3 is 5.32 Å². The molecule has 0 spiro atoms. The summed E-state index contributed by atoms with van der Waals surface area (Å²) >= 11 is 5.85. The van der Waals surface area contributed by atoms with Crippen LogP contribution in [0, 0.1) is 11.8 Å². The van der Waals surface area contributed by atoms with Crippen LogP contribution in [0.2, 0.25) is 5.02 Å². The molecule has 0 saturated carbocycles. The van der Waals surface area contributed by atoms with Crippen molar-refractivity contribution in [1.29, 1.82) is 0 Å². The summed E-state index contributed by atoms with van der Waals surface area (Å²) < 4.78 is 27.4. The number of piperidine rings is 1. The van der Waals surface area contributed by atoms with Crippen molar-refractivity contribution in [3.8, 4) is 11.8 Å². The molecular weight excluding hydrogens is 268 g/mol. The van der Waals surface area contributed by atoms with E-state index < -0.39 is 5.92 Å². The summed E-state index contributed by atoms with van der Waals surface area (Å²) in [6.45, 7) is 1.91. The molecule has 1 nitrogen and oxygen atoms in total. The van der Waals surface area contributed by atoms with Crippen LogP contribution in [0.5, 0.6) is 0 Å². The van der Waals surface area contributed by atoms with Crippen molar-refractivity contribution >= 4 is 11.6 Å². The molecule has 0 aliphatic carbocycles. The summed E-state index contributed by atoms with van der Waals surface area (Å²) in [4.78, 5) is 0. The van der Waals surface area contributed by atoms with Crippen LogP contribution in [0.4, 0.5) is 8.78 Å². The second-order valence-electron chi connectivity index (χ2n) is 4.50. The summed E-state index contributed by atoms with van der Waals surface area (Å²) in [5, 5.41) is 3.28. The maximum Gasteiger partial charge on any atom is 0.282 e. The maximum absolute atomic E-state index is 13.7. The minimum atomic E-state index is -2.80. The Morgan fingerprint density at radius 1 is 1.42 bits per heavy atom. The van der Waals surface area contributed by atoms with Gasteiger partial charge in [0.15, 0.2) is 0 Å². The van der Waals surface area contributed by atoms with Crippen LogP contribution in [0.1, 0.15) is 18.9 Å². The van der Waals surface area contributed by atoms with Crippen molar-refractivity contribution in [2.24, 2.45) is 0 Å². The minimum Gasteiger partial charge on any atom is -0.311 e. The fourth-order valence-electron chi connectivity index (χ4n) is 2.02. The van der Waals surface area contributed by atoms with E-state index in [1.165, 1.54) is 0 Å². The molecule has 1 saturated heterocycles. The maximum atomic E-state index is 13.7. The molecule has 1 heterocycles. The van der Waals surface area contributed by atoms with Gasteiger partial charge in [0, 0.05) is 21.7 Å². The summed E-state index contributed by atoms with van der Waals surface area (Å²) in [6, 6.07) is 7.05. The highest BCUT2D eigenvalue weighted by Crippen LogP contribution is 2.31. The first-order chi connectivity index (χ1) is 8.99. The van der Waals surface area contributed by atoms with Gasteiger partial charge in [-0.3, -0.25) is 0 Å². The van der Waals surface area contributed by atoms with Gasteiger partial charge in [0.1, 0.15) is 0 Å². The Kier molecular flexibility index (Phi) is 4.24. The van der Waals surface area contributed by atoms with Crippen molar-refractivity contribution in [3.63, 3.8) is 0 Å². The Bertz CT molecular complexity index is 567. The van der Waals surface area contributed by atoms with Gasteiger partial charge in [-0.25, -0.2) is 8.78 Å². The van der Waals surface area contributed by atoms with E-state index in [4.69, 9.17) is 11.6 Å². The molecule has 1 N–H and O–H groups in total. The molecule has 4 heteroatoms. The second-order valence-corrected chi connectivity index (χ2v) is 4.93. The Hall–Kier alpha value is -1.37. The third-order valence-electron chi connectivity index (χ3n) is 3.01. The lowest BCUT2D eigenvalue weighted by Crippen LogP contribution is -2.41. The van der Waals surface area contributed by atoms with E-state index in [2.05, 4.69) is 17.2 Å². The smallest absolute Gasteiger partial charge is 0.282 e. The number of alkyl halides is 2. The quantitative estimate of drug-likeness (QED) is 0.716. The fraction of sp³-hybridized carbons (Fsp3) is 0.333. The molecule has 19 heavy (non-hydrogen) atoms. The number of nitrogens with one attached hydrogen (secondary N) is 1. The first kappa shape index (κ1) is 14.0. The van der Waals surface area contributed by atoms with Crippen molar-refractivity contribution < 1.29 is 8.78 Å². The van der Waals surface area contributed by atoms with Gasteiger partial charge in [-0.05, 0) is 38.1 Å². The fourth-order valence-corrected chi connectivity index (χ4v) is 2.21. The van der Waals surface area contributed by atoms with Gasteiger partial charge in [-0.2, -0.15) is 0 Å². The number of allylic oxidation sites excluding steroid dienone is 1. The zero-order valence-electron chi connectivity index (χ0n) is 10.6. The van der Waals surface area contributed by atoms with Crippen molar-refractivity contribution in [3.05, 3.63) is 46.0 Å². The van der Waals surface area contributed by atoms with Gasteiger partial charge >= 0.3 is 0 Å². The second kappa shape index (κ2) is 5.73. The SMILES string of the molecule is C/C(C#Cc1cccc(Cl)c1)=C1/CCNCC1(F)F. The van der Waals surface area contributed by atoms with Gasteiger partial charge in [0.25, 0.3) is 5.92 Å². The Morgan fingerprint density at radius 2 is 2.21 bits per heavy atom. The lowest BCUT2D eigenvalue weighted by atomic mass is 9.96. The van der Waals surface area contributed by atoms with Gasteiger partial charge in [-0.15, -0.1) is 0 Å². The van der Waals surface area contributed by atoms with Crippen LogP contribution in [0.15, 0.2) is 35.4 Å². The standard InChI is InChI=1S/C15H14ClF2N/c1-11(14-7-8-19-10-15(14,17)18)5-6-12-3-2-4-13(16)9-12/h2-4,9,19H,7-8,10H2,1H3/b14-11+. The van der Waals surface area contributed by atoms with E-state index in [0.29, 0.717) is 23.6 Å². The minimum absolute atomic E-state index is 0.140. The van der Waals surface area contributed by atoms with Crippen molar-refractivity contribution in [2.75, 3.05) is 13.1 Å². The first-order valence-corrected chi connectivity index (χ1v) is 6.43. The molecular formula is C15H14ClF2N. The number of halogens is 3. The van der Waals surface area contributed by atoms with Crippen LogP contribution in [0.25, 0.3) is 0 Å². The molecule has 0 aromatic heterocycles. The normalized spacial score (nSPS) is 20.4. The molecule has 0 amide bonds. The van der Waals surface area contributed by atoms with Crippen LogP contribution in [-0.4, -0.2) is 19.0 Å². The number of hydrogen-bond acceptors (Lipinski definition) is 1. The van der Waals surface area contributed by atoms with E-state index in [1.54, 1.807) is 31.2 Å². The molecule has 0 unspecified atom stereocenters. The van der Waals surface area contributed by atoms with Crippen LogP contribution >= 0.6 is 11.6 Å². The van der Waals surface area contributed by atoms with Crippen molar-refractivity contribution in [2.45, 2.75) is 19.3 Å². The molecule has 1 aromatic rings. The summed E-state index contributed by atoms with van der Waals surface area (Å²) in [5.74, 6) is 2.89. The molecule has 1 aromatic carbocycles. The van der Waals surface area contributed by atoms with Gasteiger partial charge in [0.2, 0.25) is 0 Å². The van der Waals surface area contributed by atoms with E-state index in [0.717, 1.165) is 5.56 Å². The molecule has 100 valence electrons. The van der Waals surface area contributed by atoms with Gasteiger partial charge in [0.05, 0.1) is 6.54 Å². The molecule has 0 bridgehead atoms. The summed E-state index contributed by atoms with van der Waals surface area (Å²) in [6.07, 6.45) is 0.336. The lowest BCUT2D eigenvalue weighted by molar-refractivity contribution is 0.0275. The van der Waals surface area contributed by atoms with E-state index in [1.807, 2.05) is 0 Å². The summed E-state index contributed by atoms with van der Waals surface area (Å²) in [5.41, 5.74) is 1.32. The predicted molar refractivity (Wildman–Crippen MR) is 73.5 cm³/mol. The summed E-state index contributed by atoms with van der Waals surface area (Å²) in [7, 11) is 0. The number of benzene rings is 1. The lowest BCUT2D eigenvalue weighted by Gasteiger charge is -2.26. The zero-order chi connectivity index (χ0) is 13.9. The molecule has 1 fully saturated rings. The van der Waals surface area contributed by atoms with Gasteiger partial charge in [-0.1, -0.05) is 29.5 Å². The molecule has 0 radical (unpaired) electrons. The Labute approximate surface area is 116 Å². The molecule has 1 aliphatic rings. The highest BCUT2D eigenvalue weighted by atomic mass is 35.5. The van der Waals surface area contributed by atoms with Crippen molar-refractivity contribution in [1.82, 2.24) is 5.32 Å². The Balaban J connectivity index is 2.28. The topological polar surface area (TPSA) is 12.0 Å². The molecule has 2 rings (SSSR count). The number of hydrogen-bond donors (Lipinski definition) is 1. The van der Waals surface area contributed by atoms with Crippen LogP contribution in [-0.2, 0) is 0 Å². The largest absolute Gasteiger partial charge is 0.311 e. The highest BCUT2D eigenvalue weighted by Gasteiger charge is 2.37. The molecule has 1 aliphatic heterocycles.